The van der Waals surface area contributed by atoms with Crippen molar-refractivity contribution in [3.8, 4) is 5.75 Å². The molecule has 3 nitrogen and oxygen atoms in total. The van der Waals surface area contributed by atoms with E-state index in [4.69, 9.17) is 10.5 Å². The van der Waals surface area contributed by atoms with E-state index in [1.54, 1.807) is 0 Å². The van der Waals surface area contributed by atoms with Crippen molar-refractivity contribution in [2.24, 2.45) is 5.73 Å². The molecule has 1 atom stereocenters. The van der Waals surface area contributed by atoms with Crippen LogP contribution in [0.4, 0.5) is 0 Å². The summed E-state index contributed by atoms with van der Waals surface area (Å²) in [7, 11) is 0. The van der Waals surface area contributed by atoms with Crippen LogP contribution in [0.5, 0.6) is 5.75 Å². The van der Waals surface area contributed by atoms with Gasteiger partial charge >= 0.3 is 0 Å². The first-order valence-electron chi connectivity index (χ1n) is 6.87. The molecule has 0 spiro atoms. The fraction of sp³-hybridized carbons (Fsp3) is 0.600. The normalized spacial score (nSPS) is 12.7. The highest BCUT2D eigenvalue weighted by Gasteiger charge is 2.06. The number of nitrogens with zero attached hydrogens (tertiary/aromatic N) is 1. The van der Waals surface area contributed by atoms with Crippen molar-refractivity contribution in [2.45, 2.75) is 39.8 Å². The van der Waals surface area contributed by atoms with E-state index in [-0.39, 0.29) is 6.10 Å². The van der Waals surface area contributed by atoms with E-state index in [1.165, 1.54) is 0 Å². The summed E-state index contributed by atoms with van der Waals surface area (Å²) in [5.41, 5.74) is 6.70. The fourth-order valence-electron chi connectivity index (χ4n) is 1.90. The third-order valence-corrected chi connectivity index (χ3v) is 3.24. The van der Waals surface area contributed by atoms with Gasteiger partial charge in [0.15, 0.2) is 0 Å². The smallest absolute Gasteiger partial charge is 0.119 e. The maximum atomic E-state index is 5.89. The summed E-state index contributed by atoms with van der Waals surface area (Å²) in [4.78, 5) is 2.41. The van der Waals surface area contributed by atoms with Gasteiger partial charge in [-0.1, -0.05) is 26.0 Å². The molecular formula is C15H26N2O. The second kappa shape index (κ2) is 8.11. The Hall–Kier alpha value is -1.06. The zero-order valence-electron chi connectivity index (χ0n) is 11.9. The van der Waals surface area contributed by atoms with E-state index in [9.17, 15) is 0 Å². The predicted octanol–water partition coefficient (Wildman–Crippen LogP) is 2.64. The van der Waals surface area contributed by atoms with Gasteiger partial charge in [-0.15, -0.1) is 0 Å². The van der Waals surface area contributed by atoms with Gasteiger partial charge in [-0.05, 0) is 44.1 Å². The molecular weight excluding hydrogens is 224 g/mol. The van der Waals surface area contributed by atoms with Crippen LogP contribution >= 0.6 is 0 Å². The van der Waals surface area contributed by atoms with Crippen molar-refractivity contribution in [1.29, 1.82) is 0 Å². The third kappa shape index (κ3) is 5.07. The van der Waals surface area contributed by atoms with Crippen molar-refractivity contribution in [1.82, 2.24) is 4.90 Å². The molecule has 1 rings (SSSR count). The van der Waals surface area contributed by atoms with E-state index in [2.05, 4.69) is 25.7 Å². The molecule has 1 aromatic rings. The first-order chi connectivity index (χ1) is 8.69. The molecule has 0 aliphatic heterocycles. The first kappa shape index (κ1) is 15.0. The van der Waals surface area contributed by atoms with E-state index < -0.39 is 0 Å². The highest BCUT2D eigenvalue weighted by atomic mass is 16.5. The van der Waals surface area contributed by atoms with E-state index in [0.717, 1.165) is 37.4 Å². The zero-order chi connectivity index (χ0) is 13.4. The Bertz CT molecular complexity index is 320. The summed E-state index contributed by atoms with van der Waals surface area (Å²) in [5, 5.41) is 0. The largest absolute Gasteiger partial charge is 0.491 e. The first-order valence-corrected chi connectivity index (χ1v) is 6.87. The summed E-state index contributed by atoms with van der Waals surface area (Å²) < 4.78 is 5.89. The molecule has 0 aliphatic carbocycles. The summed E-state index contributed by atoms with van der Waals surface area (Å²) in [6.45, 7) is 10.4. The lowest BCUT2D eigenvalue weighted by Gasteiger charge is -2.21. The number of nitrogens with two attached hydrogens (primary N) is 1. The molecule has 0 saturated heterocycles. The summed E-state index contributed by atoms with van der Waals surface area (Å²) >= 11 is 0. The molecule has 0 fully saturated rings. The highest BCUT2D eigenvalue weighted by molar-refractivity contribution is 5.27. The molecule has 102 valence electrons. The van der Waals surface area contributed by atoms with Crippen molar-refractivity contribution in [3.05, 3.63) is 29.8 Å². The fourth-order valence-corrected chi connectivity index (χ4v) is 1.90. The van der Waals surface area contributed by atoms with Gasteiger partial charge in [-0.2, -0.15) is 0 Å². The Labute approximate surface area is 111 Å². The van der Waals surface area contributed by atoms with Gasteiger partial charge in [0.2, 0.25) is 0 Å². The molecule has 0 saturated carbocycles. The zero-order valence-corrected chi connectivity index (χ0v) is 11.9. The average molecular weight is 250 g/mol. The Morgan fingerprint density at radius 1 is 1.17 bits per heavy atom. The van der Waals surface area contributed by atoms with Gasteiger partial charge in [-0.25, -0.2) is 0 Å². The van der Waals surface area contributed by atoms with Crippen LogP contribution < -0.4 is 10.5 Å². The lowest BCUT2D eigenvalue weighted by atomic mass is 10.2. The van der Waals surface area contributed by atoms with E-state index in [1.807, 2.05) is 24.3 Å². The number of benzene rings is 1. The quantitative estimate of drug-likeness (QED) is 0.771. The molecule has 1 aromatic carbocycles. The van der Waals surface area contributed by atoms with Crippen molar-refractivity contribution < 1.29 is 4.74 Å². The van der Waals surface area contributed by atoms with Crippen LogP contribution in [-0.2, 0) is 6.54 Å². The second-order valence-electron chi connectivity index (χ2n) is 4.59. The number of ether oxygens (including phenoxy) is 1. The van der Waals surface area contributed by atoms with Crippen LogP contribution in [0.3, 0.4) is 0 Å². The van der Waals surface area contributed by atoms with Crippen molar-refractivity contribution in [3.63, 3.8) is 0 Å². The Morgan fingerprint density at radius 3 is 2.28 bits per heavy atom. The summed E-state index contributed by atoms with van der Waals surface area (Å²) in [5.74, 6) is 0.930. The predicted molar refractivity (Wildman–Crippen MR) is 76.8 cm³/mol. The topological polar surface area (TPSA) is 38.5 Å². The molecule has 0 amide bonds. The summed E-state index contributed by atoms with van der Waals surface area (Å²) in [6.07, 6.45) is 1.30. The number of rotatable bonds is 8. The molecule has 18 heavy (non-hydrogen) atoms. The maximum Gasteiger partial charge on any atom is 0.119 e. The molecule has 0 bridgehead atoms. The maximum absolute atomic E-state index is 5.89. The molecule has 0 radical (unpaired) electrons. The van der Waals surface area contributed by atoms with Crippen LogP contribution in [0.1, 0.15) is 32.8 Å². The van der Waals surface area contributed by atoms with Gasteiger partial charge in [0.25, 0.3) is 0 Å². The third-order valence-electron chi connectivity index (χ3n) is 3.24. The molecule has 2 N–H and O–H groups in total. The summed E-state index contributed by atoms with van der Waals surface area (Å²) in [6, 6.07) is 8.03. The Morgan fingerprint density at radius 2 is 1.78 bits per heavy atom. The second-order valence-corrected chi connectivity index (χ2v) is 4.59. The minimum Gasteiger partial charge on any atom is -0.491 e. The molecule has 0 aliphatic rings. The Kier molecular flexibility index (Phi) is 6.76. The van der Waals surface area contributed by atoms with Crippen molar-refractivity contribution in [2.75, 3.05) is 19.6 Å². The van der Waals surface area contributed by atoms with E-state index >= 15 is 0 Å². The molecule has 1 unspecified atom stereocenters. The van der Waals surface area contributed by atoms with Crippen LogP contribution in [0.2, 0.25) is 0 Å². The molecule has 3 heteroatoms. The average Bonchev–Trinajstić information content (AvgIpc) is 2.41. The van der Waals surface area contributed by atoms with Gasteiger partial charge in [0.05, 0.1) is 6.10 Å². The van der Waals surface area contributed by atoms with Crippen LogP contribution in [0.15, 0.2) is 24.3 Å². The van der Waals surface area contributed by atoms with Gasteiger partial charge in [0.1, 0.15) is 5.75 Å². The number of hydrogen-bond donors (Lipinski definition) is 1. The van der Waals surface area contributed by atoms with Gasteiger partial charge < -0.3 is 15.4 Å². The minimum absolute atomic E-state index is 0.245. The molecule has 0 aromatic heterocycles. The Balaban J connectivity index is 2.36. The van der Waals surface area contributed by atoms with E-state index in [0.29, 0.717) is 6.54 Å². The van der Waals surface area contributed by atoms with Crippen LogP contribution in [0.25, 0.3) is 0 Å². The molecule has 0 heterocycles. The monoisotopic (exact) mass is 250 g/mol. The number of hydrogen-bond acceptors (Lipinski definition) is 3. The SMILES string of the molecule is CCN(CC)CCC(C)Oc1ccc(CN)cc1. The minimum atomic E-state index is 0.245. The standard InChI is InChI=1S/C15H26N2O/c1-4-17(5-2)11-10-13(3)18-15-8-6-14(12-16)7-9-15/h6-9,13H,4-5,10-12,16H2,1-3H3. The lowest BCUT2D eigenvalue weighted by molar-refractivity contribution is 0.181. The lowest BCUT2D eigenvalue weighted by Crippen LogP contribution is -2.27. The van der Waals surface area contributed by atoms with Crippen molar-refractivity contribution >= 4 is 0 Å². The van der Waals surface area contributed by atoms with Gasteiger partial charge in [0, 0.05) is 13.1 Å². The van der Waals surface area contributed by atoms with Crippen LogP contribution in [0, 0.1) is 0 Å². The highest BCUT2D eigenvalue weighted by Crippen LogP contribution is 2.14. The van der Waals surface area contributed by atoms with Crippen LogP contribution in [-0.4, -0.2) is 30.6 Å². The van der Waals surface area contributed by atoms with Gasteiger partial charge in [-0.3, -0.25) is 0 Å².